The van der Waals surface area contributed by atoms with Crippen molar-refractivity contribution in [2.24, 2.45) is 0 Å². The van der Waals surface area contributed by atoms with Crippen LogP contribution in [0, 0.1) is 20.2 Å². The summed E-state index contributed by atoms with van der Waals surface area (Å²) in [5, 5.41) is 24.4. The van der Waals surface area contributed by atoms with Crippen LogP contribution >= 0.6 is 0 Å². The molecule has 11 nitrogen and oxygen atoms in total. The highest BCUT2D eigenvalue weighted by atomic mass is 32.2. The zero-order chi connectivity index (χ0) is 21.2. The molecule has 1 N–H and O–H groups in total. The van der Waals surface area contributed by atoms with Gasteiger partial charge >= 0.3 is 0 Å². The Morgan fingerprint density at radius 3 is 2.14 bits per heavy atom. The largest absolute Gasteiger partial charge is 0.322 e. The van der Waals surface area contributed by atoms with Crippen LogP contribution in [-0.2, 0) is 10.0 Å². The molecule has 0 saturated carbocycles. The average Bonchev–Trinajstić information content (AvgIpc) is 3.23. The summed E-state index contributed by atoms with van der Waals surface area (Å²) in [7, 11) is -3.60. The van der Waals surface area contributed by atoms with Gasteiger partial charge in [-0.3, -0.25) is 25.0 Å². The molecule has 1 fully saturated rings. The van der Waals surface area contributed by atoms with Crippen LogP contribution in [0.15, 0.2) is 47.4 Å². The third-order valence-corrected chi connectivity index (χ3v) is 6.36. The smallest absolute Gasteiger partial charge is 0.289 e. The first-order valence-electron chi connectivity index (χ1n) is 8.54. The molecule has 29 heavy (non-hydrogen) atoms. The van der Waals surface area contributed by atoms with Gasteiger partial charge in [0.2, 0.25) is 10.0 Å². The van der Waals surface area contributed by atoms with Crippen molar-refractivity contribution in [3.05, 3.63) is 68.3 Å². The van der Waals surface area contributed by atoms with Crippen molar-refractivity contribution >= 4 is 33.0 Å². The van der Waals surface area contributed by atoms with Crippen molar-refractivity contribution in [2.75, 3.05) is 18.4 Å². The molecule has 1 aliphatic heterocycles. The summed E-state index contributed by atoms with van der Waals surface area (Å²) in [4.78, 5) is 32.8. The van der Waals surface area contributed by atoms with E-state index >= 15 is 0 Å². The number of hydrogen-bond donors (Lipinski definition) is 1. The number of benzene rings is 2. The van der Waals surface area contributed by atoms with Gasteiger partial charge in [-0.25, -0.2) is 8.42 Å². The van der Waals surface area contributed by atoms with Crippen molar-refractivity contribution < 1.29 is 23.1 Å². The number of nitrogens with one attached hydrogen (secondary N) is 1. The third kappa shape index (κ3) is 4.22. The molecule has 1 heterocycles. The van der Waals surface area contributed by atoms with Gasteiger partial charge in [-0.2, -0.15) is 4.31 Å². The third-order valence-electron chi connectivity index (χ3n) is 4.45. The number of nitro benzene ring substituents is 2. The van der Waals surface area contributed by atoms with Crippen molar-refractivity contribution in [3.8, 4) is 0 Å². The average molecular weight is 420 g/mol. The van der Waals surface area contributed by atoms with Crippen LogP contribution in [0.4, 0.5) is 17.1 Å². The Morgan fingerprint density at radius 1 is 0.966 bits per heavy atom. The maximum Gasteiger partial charge on any atom is 0.289 e. The molecule has 0 aromatic heterocycles. The highest BCUT2D eigenvalue weighted by Gasteiger charge is 2.27. The lowest BCUT2D eigenvalue weighted by Gasteiger charge is -2.15. The van der Waals surface area contributed by atoms with E-state index in [2.05, 4.69) is 5.32 Å². The Bertz CT molecular complexity index is 1080. The molecular formula is C17H16N4O7S. The van der Waals surface area contributed by atoms with Gasteiger partial charge in [-0.1, -0.05) is 0 Å². The minimum atomic E-state index is -3.60. The minimum Gasteiger partial charge on any atom is -0.322 e. The summed E-state index contributed by atoms with van der Waals surface area (Å²) in [6.07, 6.45) is 1.61. The standard InChI is InChI=1S/C17H16N4O7S/c22-17(15-8-5-13(20(23)24)11-16(15)21(25)26)18-12-3-6-14(7-4-12)29(27,28)19-9-1-2-10-19/h3-8,11H,1-2,9-10H2,(H,18,22). The molecule has 0 aliphatic carbocycles. The number of nitrogens with zero attached hydrogens (tertiary/aromatic N) is 3. The number of amides is 1. The SMILES string of the molecule is O=C(Nc1ccc(S(=O)(=O)N2CCCC2)cc1)c1ccc([N+](=O)[O-])cc1[N+](=O)[O-]. The van der Waals surface area contributed by atoms with Crippen LogP contribution in [-0.4, -0.2) is 41.6 Å². The van der Waals surface area contributed by atoms with E-state index < -0.39 is 37.2 Å². The highest BCUT2D eigenvalue weighted by Crippen LogP contribution is 2.26. The molecule has 0 bridgehead atoms. The Morgan fingerprint density at radius 2 is 1.59 bits per heavy atom. The van der Waals surface area contributed by atoms with Crippen LogP contribution in [0.1, 0.15) is 23.2 Å². The number of anilines is 1. The summed E-state index contributed by atoms with van der Waals surface area (Å²) in [6.45, 7) is 0.926. The number of carbonyl (C=O) groups excluding carboxylic acids is 1. The van der Waals surface area contributed by atoms with Crippen LogP contribution in [0.5, 0.6) is 0 Å². The van der Waals surface area contributed by atoms with E-state index in [0.29, 0.717) is 19.2 Å². The van der Waals surface area contributed by atoms with E-state index in [-0.39, 0.29) is 16.1 Å². The lowest BCUT2D eigenvalue weighted by molar-refractivity contribution is -0.394. The van der Waals surface area contributed by atoms with Crippen LogP contribution < -0.4 is 5.32 Å². The van der Waals surface area contributed by atoms with Gasteiger partial charge in [0.25, 0.3) is 17.3 Å². The lowest BCUT2D eigenvalue weighted by Crippen LogP contribution is -2.27. The van der Waals surface area contributed by atoms with Crippen LogP contribution in [0.3, 0.4) is 0 Å². The van der Waals surface area contributed by atoms with Gasteiger partial charge in [-0.05, 0) is 43.2 Å². The first kappa shape index (κ1) is 20.4. The van der Waals surface area contributed by atoms with Gasteiger partial charge < -0.3 is 5.32 Å². The van der Waals surface area contributed by atoms with Crippen molar-refractivity contribution in [3.63, 3.8) is 0 Å². The van der Waals surface area contributed by atoms with E-state index in [9.17, 15) is 33.4 Å². The molecule has 152 valence electrons. The predicted octanol–water partition coefficient (Wildman–Crippen LogP) is 2.54. The zero-order valence-electron chi connectivity index (χ0n) is 15.0. The maximum atomic E-state index is 12.5. The van der Waals surface area contributed by atoms with Crippen molar-refractivity contribution in [1.29, 1.82) is 0 Å². The number of hydrogen-bond acceptors (Lipinski definition) is 7. The molecule has 0 radical (unpaired) electrons. The molecule has 12 heteroatoms. The number of rotatable bonds is 6. The first-order chi connectivity index (χ1) is 13.7. The first-order valence-corrected chi connectivity index (χ1v) is 9.98. The second-order valence-corrected chi connectivity index (χ2v) is 8.24. The second kappa shape index (κ2) is 7.93. The van der Waals surface area contributed by atoms with Gasteiger partial charge in [-0.15, -0.1) is 0 Å². The Labute approximate surface area is 165 Å². The minimum absolute atomic E-state index is 0.0821. The van der Waals surface area contributed by atoms with Gasteiger partial charge in [0.05, 0.1) is 20.8 Å². The molecule has 2 aromatic carbocycles. The van der Waals surface area contributed by atoms with E-state index in [1.54, 1.807) is 0 Å². The lowest BCUT2D eigenvalue weighted by atomic mass is 10.1. The number of sulfonamides is 1. The number of nitro groups is 2. The Balaban J connectivity index is 1.81. The normalized spacial score (nSPS) is 14.5. The second-order valence-electron chi connectivity index (χ2n) is 6.31. The topological polar surface area (TPSA) is 153 Å². The Kier molecular flexibility index (Phi) is 5.57. The van der Waals surface area contributed by atoms with Gasteiger partial charge in [0, 0.05) is 24.8 Å². The van der Waals surface area contributed by atoms with Crippen molar-refractivity contribution in [1.82, 2.24) is 4.31 Å². The molecule has 1 amide bonds. The summed E-state index contributed by atoms with van der Waals surface area (Å²) < 4.78 is 26.4. The summed E-state index contributed by atoms with van der Waals surface area (Å²) in [5.41, 5.74) is -1.34. The molecule has 0 atom stereocenters. The molecule has 0 unspecified atom stereocenters. The fraction of sp³-hybridized carbons (Fsp3) is 0.235. The van der Waals surface area contributed by atoms with E-state index in [1.807, 2.05) is 0 Å². The summed E-state index contributed by atoms with van der Waals surface area (Å²) in [5.74, 6) is -0.846. The Hall–Kier alpha value is -3.38. The quantitative estimate of drug-likeness (QED) is 0.556. The van der Waals surface area contributed by atoms with Gasteiger partial charge in [0.1, 0.15) is 5.56 Å². The van der Waals surface area contributed by atoms with Crippen LogP contribution in [0.25, 0.3) is 0 Å². The molecule has 1 saturated heterocycles. The summed E-state index contributed by atoms with van der Waals surface area (Å²) in [6, 6.07) is 8.13. The van der Waals surface area contributed by atoms with Crippen LogP contribution in [0.2, 0.25) is 0 Å². The predicted molar refractivity (Wildman–Crippen MR) is 102 cm³/mol. The van der Waals surface area contributed by atoms with E-state index in [1.165, 1.54) is 28.6 Å². The molecular weight excluding hydrogens is 404 g/mol. The highest BCUT2D eigenvalue weighted by molar-refractivity contribution is 7.89. The van der Waals surface area contributed by atoms with E-state index in [4.69, 9.17) is 0 Å². The molecule has 0 spiro atoms. The monoisotopic (exact) mass is 420 g/mol. The fourth-order valence-electron chi connectivity index (χ4n) is 2.96. The number of carbonyl (C=O) groups is 1. The van der Waals surface area contributed by atoms with Gasteiger partial charge in [0.15, 0.2) is 0 Å². The zero-order valence-corrected chi connectivity index (χ0v) is 15.8. The maximum absolute atomic E-state index is 12.5. The molecule has 2 aromatic rings. The number of non-ortho nitro benzene ring substituents is 1. The van der Waals surface area contributed by atoms with E-state index in [0.717, 1.165) is 25.0 Å². The fourth-order valence-corrected chi connectivity index (χ4v) is 4.48. The molecule has 1 aliphatic rings. The molecule has 3 rings (SSSR count). The summed E-state index contributed by atoms with van der Waals surface area (Å²) >= 11 is 0. The van der Waals surface area contributed by atoms with Crippen molar-refractivity contribution in [2.45, 2.75) is 17.7 Å².